The van der Waals surface area contributed by atoms with Gasteiger partial charge < -0.3 is 28.2 Å². The summed E-state index contributed by atoms with van der Waals surface area (Å²) < 4.78 is 8.01. The molecule has 8 bridgehead atoms. The molecule has 11 aromatic rings. The molecule has 0 saturated carbocycles. The fraction of sp³-hybridized carbons (Fsp3) is 0. The number of fused-ring (bicyclic) bond motifs is 8. The van der Waals surface area contributed by atoms with Crippen molar-refractivity contribution in [2.75, 3.05) is 0 Å². The van der Waals surface area contributed by atoms with Crippen LogP contribution in [-0.2, 0) is 0 Å². The van der Waals surface area contributed by atoms with Gasteiger partial charge in [-0.15, -0.1) is 0 Å². The average molecular weight is 879 g/mol. The van der Waals surface area contributed by atoms with Crippen LogP contribution < -0.4 is 0 Å². The first kappa shape index (κ1) is 38.8. The van der Waals surface area contributed by atoms with E-state index < -0.39 is 0 Å². The van der Waals surface area contributed by atoms with E-state index in [-0.39, 0.29) is 0 Å². The van der Waals surface area contributed by atoms with Crippen molar-refractivity contribution in [2.45, 2.75) is 0 Å². The van der Waals surface area contributed by atoms with Crippen molar-refractivity contribution in [3.63, 3.8) is 0 Å². The first-order valence-electron chi connectivity index (χ1n) is 22.2. The molecule has 0 amide bonds. The molecule has 7 aromatic heterocycles. The summed E-state index contributed by atoms with van der Waals surface area (Å²) >= 11 is 0. The lowest BCUT2D eigenvalue weighted by atomic mass is 10.0. The predicted octanol–water partition coefficient (Wildman–Crippen LogP) is 12.1. The number of rotatable bonds is 8. The summed E-state index contributed by atoms with van der Waals surface area (Å²) in [5.74, 6) is 0. The average Bonchev–Trinajstić information content (AvgIpc) is 4.24. The second-order valence-corrected chi connectivity index (χ2v) is 16.6. The highest BCUT2D eigenvalue weighted by atomic mass is 15.0. The molecule has 4 aromatic carbocycles. The molecule has 0 fully saturated rings. The summed E-state index contributed by atoms with van der Waals surface area (Å²) in [4.78, 5) is 35.9. The van der Waals surface area contributed by atoms with E-state index in [0.29, 0.717) is 0 Å². The van der Waals surface area contributed by atoms with Gasteiger partial charge in [0.2, 0.25) is 0 Å². The number of benzene rings is 4. The monoisotopic (exact) mass is 878 g/mol. The Morgan fingerprint density at radius 3 is 0.838 bits per heavy atom. The second-order valence-electron chi connectivity index (χ2n) is 16.6. The fourth-order valence-corrected chi connectivity index (χ4v) is 9.27. The lowest BCUT2D eigenvalue weighted by molar-refractivity contribution is 1.06. The summed E-state index contributed by atoms with van der Waals surface area (Å²) in [5, 5.41) is 0. The quantitative estimate of drug-likeness (QED) is 0.156. The molecular weight excluding hydrogens is 841 g/mol. The van der Waals surface area contributed by atoms with Gasteiger partial charge in [-0.25, -0.2) is 29.9 Å². The maximum Gasteiger partial charge on any atom is 0.0991 e. The van der Waals surface area contributed by atoms with E-state index in [4.69, 9.17) is 9.97 Å². The number of nitrogens with one attached hydrogen (secondary N) is 2. The molecule has 322 valence electrons. The number of hydrogen-bond acceptors (Lipinski definition) is 6. The van der Waals surface area contributed by atoms with Crippen LogP contribution in [0.25, 0.3) is 114 Å². The van der Waals surface area contributed by atoms with Crippen molar-refractivity contribution < 1.29 is 0 Å². The number of H-pyrrole nitrogens is 2. The fourth-order valence-electron chi connectivity index (χ4n) is 9.27. The summed E-state index contributed by atoms with van der Waals surface area (Å²) in [6.07, 6.45) is 30.6. The molecule has 0 radical (unpaired) electrons. The Hall–Kier alpha value is -9.68. The Labute approximate surface area is 389 Å². The van der Waals surface area contributed by atoms with E-state index in [2.05, 4.69) is 176 Å². The number of aromatic nitrogens is 12. The Bertz CT molecular complexity index is 3660. The largest absolute Gasteiger partial charge is 0.354 e. The topological polar surface area (TPSA) is 129 Å². The van der Waals surface area contributed by atoms with E-state index in [1.54, 1.807) is 31.1 Å². The van der Waals surface area contributed by atoms with E-state index in [1.807, 2.05) is 62.0 Å². The van der Waals surface area contributed by atoms with Gasteiger partial charge >= 0.3 is 0 Å². The molecule has 0 spiro atoms. The zero-order valence-corrected chi connectivity index (χ0v) is 36.3. The lowest BCUT2D eigenvalue weighted by Gasteiger charge is -2.09. The van der Waals surface area contributed by atoms with Crippen LogP contribution in [-0.4, -0.2) is 58.1 Å². The molecule has 0 aliphatic carbocycles. The maximum atomic E-state index is 5.50. The smallest absolute Gasteiger partial charge is 0.0991 e. The molecule has 2 aliphatic heterocycles. The SMILES string of the molecule is C1=Cc2nc1c(-c1ccc(-n3ccnc3)cc1)c1nc(c(-c3ccc(-n4ccnc4)cc3)c3ccc([nH]3)c(-c3ccc(-n4ccnc4)cc3)c3ccc([nH]3)c2-c2ccc(-n3ccnc3)cc2)C=C1. The Morgan fingerprint density at radius 2 is 0.544 bits per heavy atom. The molecule has 0 saturated heterocycles. The lowest BCUT2D eigenvalue weighted by Crippen LogP contribution is -1.93. The van der Waals surface area contributed by atoms with Crippen LogP contribution in [0.3, 0.4) is 0 Å². The summed E-state index contributed by atoms with van der Waals surface area (Å²) in [7, 11) is 0. The molecule has 0 atom stereocenters. The van der Waals surface area contributed by atoms with Gasteiger partial charge in [-0.05, 0) is 119 Å². The van der Waals surface area contributed by atoms with Crippen molar-refractivity contribution in [2.24, 2.45) is 0 Å². The van der Waals surface area contributed by atoms with Crippen LogP contribution >= 0.6 is 0 Å². The molecule has 13 rings (SSSR count). The third kappa shape index (κ3) is 6.88. The normalized spacial score (nSPS) is 12.0. The van der Waals surface area contributed by atoms with Gasteiger partial charge in [0.1, 0.15) is 0 Å². The van der Waals surface area contributed by atoms with E-state index >= 15 is 0 Å². The number of aromatic amines is 2. The zero-order valence-electron chi connectivity index (χ0n) is 36.3. The van der Waals surface area contributed by atoms with Gasteiger partial charge in [0, 0.05) is 117 Å². The Morgan fingerprint density at radius 1 is 0.279 bits per heavy atom. The number of imidazole rings is 4. The third-order valence-electron chi connectivity index (χ3n) is 12.6. The van der Waals surface area contributed by atoms with Crippen molar-refractivity contribution >= 4 is 46.4 Å². The van der Waals surface area contributed by atoms with Crippen LogP contribution in [0.1, 0.15) is 22.8 Å². The molecule has 12 heteroatoms. The van der Waals surface area contributed by atoms with Gasteiger partial charge in [-0.3, -0.25) is 0 Å². The molecule has 2 aliphatic rings. The Balaban J connectivity index is 1.10. The maximum absolute atomic E-state index is 5.50. The van der Waals surface area contributed by atoms with Crippen LogP contribution in [0.5, 0.6) is 0 Å². The first-order chi connectivity index (χ1) is 33.7. The van der Waals surface area contributed by atoms with Gasteiger partial charge in [-0.2, -0.15) is 0 Å². The third-order valence-corrected chi connectivity index (χ3v) is 12.6. The highest BCUT2D eigenvalue weighted by Gasteiger charge is 2.20. The molecule has 0 unspecified atom stereocenters. The summed E-state index contributed by atoms with van der Waals surface area (Å²) in [6.45, 7) is 0. The minimum absolute atomic E-state index is 0.810. The van der Waals surface area contributed by atoms with Crippen molar-refractivity contribution in [3.8, 4) is 67.3 Å². The van der Waals surface area contributed by atoms with E-state index in [9.17, 15) is 0 Å². The molecule has 2 N–H and O–H groups in total. The van der Waals surface area contributed by atoms with E-state index in [0.717, 1.165) is 112 Å². The van der Waals surface area contributed by atoms with Crippen molar-refractivity contribution in [1.29, 1.82) is 0 Å². The van der Waals surface area contributed by atoms with Crippen LogP contribution in [0.2, 0.25) is 0 Å². The van der Waals surface area contributed by atoms with Gasteiger partial charge in [0.25, 0.3) is 0 Å². The predicted molar refractivity (Wildman–Crippen MR) is 269 cm³/mol. The minimum atomic E-state index is 0.810. The number of nitrogens with zero attached hydrogens (tertiary/aromatic N) is 10. The number of hydrogen-bond donors (Lipinski definition) is 2. The molecule has 9 heterocycles. The van der Waals surface area contributed by atoms with Crippen LogP contribution in [0.15, 0.2) is 196 Å². The molecular formula is C56H38N12. The van der Waals surface area contributed by atoms with Gasteiger partial charge in [-0.1, -0.05) is 48.5 Å². The van der Waals surface area contributed by atoms with Crippen molar-refractivity contribution in [3.05, 3.63) is 219 Å². The standard InChI is InChI=1S/C56H38N12/c1-9-41(65-29-25-57-33-65)10-2-37(1)53-45-17-19-47(61-45)54(38-3-11-42(12-4-38)66-30-26-58-34-66)49-21-23-51(63-49)56(40-7-15-44(16-8-40)68-32-28-60-36-68)52-24-22-50(64-52)55(48-20-18-46(53)62-48)39-5-13-43(14-6-39)67-31-27-59-35-67/h1-36,61-62H. The highest BCUT2D eigenvalue weighted by Crippen LogP contribution is 2.39. The van der Waals surface area contributed by atoms with Crippen LogP contribution in [0.4, 0.5) is 0 Å². The van der Waals surface area contributed by atoms with E-state index in [1.165, 1.54) is 0 Å². The first-order valence-corrected chi connectivity index (χ1v) is 22.2. The minimum Gasteiger partial charge on any atom is -0.354 e. The summed E-state index contributed by atoms with van der Waals surface area (Å²) in [5.41, 5.74) is 19.0. The van der Waals surface area contributed by atoms with Gasteiger partial charge in [0.15, 0.2) is 0 Å². The van der Waals surface area contributed by atoms with Gasteiger partial charge in [0.05, 0.1) is 48.1 Å². The second kappa shape index (κ2) is 16.1. The van der Waals surface area contributed by atoms with Crippen LogP contribution in [0, 0.1) is 0 Å². The van der Waals surface area contributed by atoms with Crippen molar-refractivity contribution in [1.82, 2.24) is 58.1 Å². The Kier molecular flexibility index (Phi) is 9.17. The zero-order chi connectivity index (χ0) is 45.0. The molecule has 68 heavy (non-hydrogen) atoms. The molecule has 12 nitrogen and oxygen atoms in total. The highest BCUT2D eigenvalue weighted by molar-refractivity contribution is 6.00. The summed E-state index contributed by atoms with van der Waals surface area (Å²) in [6, 6.07) is 42.8.